The smallest absolute Gasteiger partial charge is 0.276 e. The summed E-state index contributed by atoms with van der Waals surface area (Å²) in [6, 6.07) is 0.286. The van der Waals surface area contributed by atoms with Gasteiger partial charge in [0.15, 0.2) is 5.69 Å². The van der Waals surface area contributed by atoms with Crippen molar-refractivity contribution in [1.82, 2.24) is 15.0 Å². The topological polar surface area (TPSA) is 66.7 Å². The Hall–Kier alpha value is -1.85. The number of nitrogens with zero attached hydrogens (tertiary/aromatic N) is 3. The van der Waals surface area contributed by atoms with E-state index in [4.69, 9.17) is 4.52 Å². The van der Waals surface area contributed by atoms with Crippen LogP contribution in [-0.2, 0) is 17.6 Å². The molecule has 1 aromatic heterocycles. The van der Waals surface area contributed by atoms with Gasteiger partial charge in [0.1, 0.15) is 5.76 Å². The Morgan fingerprint density at radius 2 is 2.04 bits per heavy atom. The molecule has 0 bridgehead atoms. The van der Waals surface area contributed by atoms with Gasteiger partial charge in [-0.05, 0) is 43.9 Å². The van der Waals surface area contributed by atoms with Crippen LogP contribution in [-0.4, -0.2) is 52.4 Å². The van der Waals surface area contributed by atoms with E-state index in [0.29, 0.717) is 30.5 Å². The predicted molar refractivity (Wildman–Crippen MR) is 96.7 cm³/mol. The Morgan fingerprint density at radius 3 is 2.85 bits per heavy atom. The Balaban J connectivity index is 1.47. The maximum absolute atomic E-state index is 13.1. The highest BCUT2D eigenvalue weighted by Crippen LogP contribution is 2.33. The Morgan fingerprint density at radius 1 is 1.23 bits per heavy atom. The van der Waals surface area contributed by atoms with Crippen molar-refractivity contribution in [1.29, 1.82) is 0 Å². The van der Waals surface area contributed by atoms with Gasteiger partial charge in [-0.1, -0.05) is 19.0 Å². The zero-order valence-corrected chi connectivity index (χ0v) is 15.9. The number of hydrogen-bond acceptors (Lipinski definition) is 4. The maximum Gasteiger partial charge on any atom is 0.276 e. The first-order valence-electron chi connectivity index (χ1n) is 10.1. The highest BCUT2D eigenvalue weighted by Gasteiger charge is 2.41. The molecule has 6 heteroatoms. The summed E-state index contributed by atoms with van der Waals surface area (Å²) in [5.74, 6) is 2.06. The van der Waals surface area contributed by atoms with Crippen LogP contribution in [0.4, 0.5) is 0 Å². The van der Waals surface area contributed by atoms with E-state index in [1.807, 2.05) is 4.90 Å². The lowest BCUT2D eigenvalue weighted by atomic mass is 9.83. The molecule has 0 unspecified atom stereocenters. The third-order valence-electron chi connectivity index (χ3n) is 6.15. The second-order valence-corrected chi connectivity index (χ2v) is 8.49. The van der Waals surface area contributed by atoms with Crippen molar-refractivity contribution in [3.8, 4) is 0 Å². The summed E-state index contributed by atoms with van der Waals surface area (Å²) in [5.41, 5.74) is 1.56. The number of rotatable bonds is 3. The normalized spacial score (nSPS) is 26.0. The van der Waals surface area contributed by atoms with Gasteiger partial charge < -0.3 is 14.3 Å². The predicted octanol–water partition coefficient (Wildman–Crippen LogP) is 2.66. The van der Waals surface area contributed by atoms with Crippen molar-refractivity contribution in [2.24, 2.45) is 11.8 Å². The molecule has 2 atom stereocenters. The third-order valence-corrected chi connectivity index (χ3v) is 6.15. The SMILES string of the molecule is CC(C)CN1C(=O)CC[C@H]2CN(C(=O)c3noc4c3CCCC4)CC[C@H]21. The van der Waals surface area contributed by atoms with E-state index in [0.717, 1.165) is 62.9 Å². The quantitative estimate of drug-likeness (QED) is 0.832. The molecule has 0 N–H and O–H groups in total. The average molecular weight is 359 g/mol. The molecule has 2 saturated heterocycles. The zero-order valence-electron chi connectivity index (χ0n) is 15.9. The second kappa shape index (κ2) is 7.05. The van der Waals surface area contributed by atoms with Gasteiger partial charge in [0.2, 0.25) is 5.91 Å². The molecule has 2 amide bonds. The van der Waals surface area contributed by atoms with Gasteiger partial charge in [-0.2, -0.15) is 0 Å². The van der Waals surface area contributed by atoms with Crippen molar-refractivity contribution in [3.63, 3.8) is 0 Å². The Kier molecular flexibility index (Phi) is 4.76. The Labute approximate surface area is 154 Å². The van der Waals surface area contributed by atoms with E-state index < -0.39 is 0 Å². The molecule has 2 aliphatic heterocycles. The summed E-state index contributed by atoms with van der Waals surface area (Å²) in [5, 5.41) is 4.11. The molecule has 4 rings (SSSR count). The molecule has 6 nitrogen and oxygen atoms in total. The van der Waals surface area contributed by atoms with Crippen LogP contribution in [0, 0.1) is 11.8 Å². The highest BCUT2D eigenvalue weighted by molar-refractivity contribution is 5.94. The monoisotopic (exact) mass is 359 g/mol. The Bertz CT molecular complexity index is 696. The molecule has 2 fully saturated rings. The minimum atomic E-state index is 0.0164. The van der Waals surface area contributed by atoms with Gasteiger partial charge in [-0.15, -0.1) is 0 Å². The van der Waals surface area contributed by atoms with Crippen molar-refractivity contribution >= 4 is 11.8 Å². The number of aromatic nitrogens is 1. The van der Waals surface area contributed by atoms with Crippen molar-refractivity contribution in [3.05, 3.63) is 17.0 Å². The summed E-state index contributed by atoms with van der Waals surface area (Å²) in [7, 11) is 0. The van der Waals surface area contributed by atoms with E-state index in [-0.39, 0.29) is 17.9 Å². The van der Waals surface area contributed by atoms with E-state index in [1.54, 1.807) is 0 Å². The van der Waals surface area contributed by atoms with Gasteiger partial charge in [-0.25, -0.2) is 0 Å². The number of fused-ring (bicyclic) bond motifs is 2. The van der Waals surface area contributed by atoms with E-state index >= 15 is 0 Å². The van der Waals surface area contributed by atoms with Crippen LogP contribution < -0.4 is 0 Å². The van der Waals surface area contributed by atoms with Gasteiger partial charge in [0, 0.05) is 44.1 Å². The molecule has 1 aromatic rings. The van der Waals surface area contributed by atoms with Crippen LogP contribution in [0.5, 0.6) is 0 Å². The number of likely N-dealkylation sites (tertiary alicyclic amines) is 2. The number of amides is 2. The fourth-order valence-corrected chi connectivity index (χ4v) is 4.87. The number of aryl methyl sites for hydroxylation is 1. The first-order chi connectivity index (χ1) is 12.5. The van der Waals surface area contributed by atoms with E-state index in [9.17, 15) is 9.59 Å². The maximum atomic E-state index is 13.1. The minimum absolute atomic E-state index is 0.0164. The molecule has 26 heavy (non-hydrogen) atoms. The van der Waals surface area contributed by atoms with Crippen LogP contribution in [0.3, 0.4) is 0 Å². The standard InChI is InChI=1S/C20H29N3O3/c1-13(2)11-23-16-9-10-22(12-14(16)7-8-18(23)24)20(25)19-15-5-3-4-6-17(15)26-21-19/h13-14,16H,3-12H2,1-2H3/t14-,16+/m0/s1. The van der Waals surface area contributed by atoms with Crippen molar-refractivity contribution < 1.29 is 14.1 Å². The summed E-state index contributed by atoms with van der Waals surface area (Å²) in [6.45, 7) is 6.56. The van der Waals surface area contributed by atoms with E-state index in [2.05, 4.69) is 23.9 Å². The third kappa shape index (κ3) is 3.14. The van der Waals surface area contributed by atoms with Crippen LogP contribution >= 0.6 is 0 Å². The van der Waals surface area contributed by atoms with Crippen LogP contribution in [0.25, 0.3) is 0 Å². The summed E-state index contributed by atoms with van der Waals surface area (Å²) in [4.78, 5) is 29.4. The highest BCUT2D eigenvalue weighted by atomic mass is 16.5. The zero-order chi connectivity index (χ0) is 18.3. The van der Waals surface area contributed by atoms with Crippen LogP contribution in [0.2, 0.25) is 0 Å². The molecule has 142 valence electrons. The van der Waals surface area contributed by atoms with Crippen LogP contribution in [0.15, 0.2) is 4.52 Å². The van der Waals surface area contributed by atoms with Gasteiger partial charge in [0.05, 0.1) is 0 Å². The summed E-state index contributed by atoms with van der Waals surface area (Å²) in [6.07, 6.45) is 6.38. The van der Waals surface area contributed by atoms with Gasteiger partial charge in [-0.3, -0.25) is 9.59 Å². The average Bonchev–Trinajstić information content (AvgIpc) is 3.07. The lowest BCUT2D eigenvalue weighted by Crippen LogP contribution is -2.57. The van der Waals surface area contributed by atoms with Gasteiger partial charge in [0.25, 0.3) is 5.91 Å². The summed E-state index contributed by atoms with van der Waals surface area (Å²) >= 11 is 0. The largest absolute Gasteiger partial charge is 0.360 e. The van der Waals surface area contributed by atoms with Crippen LogP contribution in [0.1, 0.15) is 67.8 Å². The molecule has 3 aliphatic rings. The molecule has 1 aliphatic carbocycles. The van der Waals surface area contributed by atoms with Crippen molar-refractivity contribution in [2.45, 2.75) is 64.8 Å². The summed E-state index contributed by atoms with van der Waals surface area (Å²) < 4.78 is 5.43. The second-order valence-electron chi connectivity index (χ2n) is 8.49. The molecule has 0 radical (unpaired) electrons. The fraction of sp³-hybridized carbons (Fsp3) is 0.750. The lowest BCUT2D eigenvalue weighted by molar-refractivity contribution is -0.141. The molecule has 0 saturated carbocycles. The number of carbonyl (C=O) groups excluding carboxylic acids is 2. The first-order valence-corrected chi connectivity index (χ1v) is 10.1. The van der Waals surface area contributed by atoms with Gasteiger partial charge >= 0.3 is 0 Å². The van der Waals surface area contributed by atoms with E-state index in [1.165, 1.54) is 0 Å². The molecule has 0 aromatic carbocycles. The molecular weight excluding hydrogens is 330 g/mol. The lowest BCUT2D eigenvalue weighted by Gasteiger charge is -2.47. The number of carbonyl (C=O) groups is 2. The number of hydrogen-bond donors (Lipinski definition) is 0. The first kappa shape index (κ1) is 17.6. The molecule has 3 heterocycles. The fourth-order valence-electron chi connectivity index (χ4n) is 4.87. The minimum Gasteiger partial charge on any atom is -0.360 e. The molecule has 0 spiro atoms. The number of piperidine rings is 2. The van der Waals surface area contributed by atoms with Crippen molar-refractivity contribution in [2.75, 3.05) is 19.6 Å². The molecular formula is C20H29N3O3.